The Kier molecular flexibility index (Phi) is 6.65. The number of nitrogens with zero attached hydrogens (tertiary/aromatic N) is 2. The minimum absolute atomic E-state index is 0.200. The molecule has 2 amide bonds. The summed E-state index contributed by atoms with van der Waals surface area (Å²) in [5.74, 6) is 0.401. The summed E-state index contributed by atoms with van der Waals surface area (Å²) in [7, 11) is 0. The van der Waals surface area contributed by atoms with Gasteiger partial charge in [-0.25, -0.2) is 0 Å². The predicted molar refractivity (Wildman–Crippen MR) is 136 cm³/mol. The topological polar surface area (TPSA) is 72.2 Å². The van der Waals surface area contributed by atoms with Gasteiger partial charge in [0, 0.05) is 73.2 Å². The lowest BCUT2D eigenvalue weighted by Gasteiger charge is -2.35. The third-order valence-corrected chi connectivity index (χ3v) is 7.01. The van der Waals surface area contributed by atoms with Gasteiger partial charge in [0.15, 0.2) is 0 Å². The standard InChI is InChI=1S/C28H32N4O2/c33-27(13-5-7-21-19-29-25-11-3-1-9-23(21)25)31-15-17-32(18-16-31)28(34)14-6-8-22-20-30-26-12-4-2-10-24(22)26/h1-4,9-12,19-20,29-30H,5-8,13-18H2. The fraction of sp³-hybridized carbons (Fsp3) is 0.357. The Morgan fingerprint density at radius 2 is 1.06 bits per heavy atom. The van der Waals surface area contributed by atoms with E-state index in [4.69, 9.17) is 0 Å². The summed E-state index contributed by atoms with van der Waals surface area (Å²) in [6.45, 7) is 2.56. The number of amides is 2. The van der Waals surface area contributed by atoms with Gasteiger partial charge >= 0.3 is 0 Å². The molecule has 2 N–H and O–H groups in total. The molecule has 176 valence electrons. The van der Waals surface area contributed by atoms with Crippen LogP contribution in [0.2, 0.25) is 0 Å². The maximum atomic E-state index is 12.7. The van der Waals surface area contributed by atoms with Gasteiger partial charge in [-0.05, 0) is 48.9 Å². The molecule has 1 fully saturated rings. The van der Waals surface area contributed by atoms with Gasteiger partial charge in [-0.3, -0.25) is 9.59 Å². The molecule has 0 radical (unpaired) electrons. The van der Waals surface area contributed by atoms with E-state index in [1.807, 2.05) is 34.1 Å². The number of aromatic amines is 2. The van der Waals surface area contributed by atoms with Crippen LogP contribution in [0.15, 0.2) is 60.9 Å². The van der Waals surface area contributed by atoms with Gasteiger partial charge in [0.1, 0.15) is 0 Å². The van der Waals surface area contributed by atoms with Crippen molar-refractivity contribution in [2.75, 3.05) is 26.2 Å². The van der Waals surface area contributed by atoms with Gasteiger partial charge in [0.25, 0.3) is 0 Å². The van der Waals surface area contributed by atoms with E-state index in [1.165, 1.54) is 21.9 Å². The van der Waals surface area contributed by atoms with Crippen LogP contribution in [-0.2, 0) is 22.4 Å². The summed E-state index contributed by atoms with van der Waals surface area (Å²) in [6, 6.07) is 16.6. The monoisotopic (exact) mass is 456 g/mol. The van der Waals surface area contributed by atoms with E-state index in [1.54, 1.807) is 0 Å². The second-order valence-electron chi connectivity index (χ2n) is 9.19. The molecule has 34 heavy (non-hydrogen) atoms. The fourth-order valence-corrected chi connectivity index (χ4v) is 5.06. The largest absolute Gasteiger partial charge is 0.361 e. The van der Waals surface area contributed by atoms with E-state index in [2.05, 4.69) is 46.6 Å². The Bertz CT molecular complexity index is 1180. The van der Waals surface area contributed by atoms with Gasteiger partial charge in [0.2, 0.25) is 11.8 Å². The molecule has 0 aliphatic carbocycles. The molecular weight excluding hydrogens is 424 g/mol. The molecule has 6 heteroatoms. The highest BCUT2D eigenvalue weighted by Crippen LogP contribution is 2.21. The smallest absolute Gasteiger partial charge is 0.222 e. The molecule has 4 aromatic rings. The lowest BCUT2D eigenvalue weighted by molar-refractivity contribution is -0.139. The zero-order chi connectivity index (χ0) is 23.3. The highest BCUT2D eigenvalue weighted by atomic mass is 16.2. The summed E-state index contributed by atoms with van der Waals surface area (Å²) in [5, 5.41) is 2.48. The highest BCUT2D eigenvalue weighted by molar-refractivity contribution is 5.84. The molecule has 6 nitrogen and oxygen atoms in total. The molecule has 1 aliphatic rings. The van der Waals surface area contributed by atoms with Crippen LogP contribution in [0.1, 0.15) is 36.8 Å². The van der Waals surface area contributed by atoms with Crippen LogP contribution in [0, 0.1) is 0 Å². The Morgan fingerprint density at radius 3 is 1.50 bits per heavy atom. The first-order valence-corrected chi connectivity index (χ1v) is 12.3. The number of fused-ring (bicyclic) bond motifs is 2. The first kappa shape index (κ1) is 22.3. The minimum atomic E-state index is 0.200. The number of H-pyrrole nitrogens is 2. The number of aryl methyl sites for hydroxylation is 2. The molecule has 5 rings (SSSR count). The maximum Gasteiger partial charge on any atom is 0.222 e. The number of aromatic nitrogens is 2. The second-order valence-corrected chi connectivity index (χ2v) is 9.19. The Labute approximate surface area is 199 Å². The average molecular weight is 457 g/mol. The summed E-state index contributed by atoms with van der Waals surface area (Å²) in [5.41, 5.74) is 4.83. The Balaban J connectivity index is 1.02. The number of carbonyl (C=O) groups is 2. The number of benzene rings is 2. The predicted octanol–water partition coefficient (Wildman–Crippen LogP) is 4.67. The quantitative estimate of drug-likeness (QED) is 0.405. The Morgan fingerprint density at radius 1 is 0.647 bits per heavy atom. The van der Waals surface area contributed by atoms with E-state index >= 15 is 0 Å². The van der Waals surface area contributed by atoms with Crippen LogP contribution < -0.4 is 0 Å². The first-order valence-electron chi connectivity index (χ1n) is 12.3. The van der Waals surface area contributed by atoms with E-state index < -0.39 is 0 Å². The van der Waals surface area contributed by atoms with Crippen molar-refractivity contribution in [3.05, 3.63) is 72.1 Å². The highest BCUT2D eigenvalue weighted by Gasteiger charge is 2.23. The van der Waals surface area contributed by atoms with E-state index in [-0.39, 0.29) is 11.8 Å². The van der Waals surface area contributed by atoms with Crippen molar-refractivity contribution in [1.29, 1.82) is 0 Å². The van der Waals surface area contributed by atoms with Crippen LogP contribution in [0.5, 0.6) is 0 Å². The van der Waals surface area contributed by atoms with Crippen LogP contribution >= 0.6 is 0 Å². The SMILES string of the molecule is O=C(CCCc1c[nH]c2ccccc12)N1CCN(C(=O)CCCc2c[nH]c3ccccc23)CC1. The van der Waals surface area contributed by atoms with Crippen LogP contribution in [0.3, 0.4) is 0 Å². The molecule has 2 aromatic carbocycles. The molecule has 3 heterocycles. The van der Waals surface area contributed by atoms with Crippen LogP contribution in [0.25, 0.3) is 21.8 Å². The van der Waals surface area contributed by atoms with E-state index in [9.17, 15) is 9.59 Å². The van der Waals surface area contributed by atoms with Crippen molar-refractivity contribution in [2.45, 2.75) is 38.5 Å². The Hall–Kier alpha value is -3.54. The summed E-state index contributed by atoms with van der Waals surface area (Å²) in [4.78, 5) is 35.8. The summed E-state index contributed by atoms with van der Waals surface area (Å²) >= 11 is 0. The lowest BCUT2D eigenvalue weighted by Crippen LogP contribution is -2.50. The molecule has 0 saturated carbocycles. The van der Waals surface area contributed by atoms with Crippen LogP contribution in [-0.4, -0.2) is 57.8 Å². The molecule has 1 aliphatic heterocycles. The molecule has 0 bridgehead atoms. The summed E-state index contributed by atoms with van der Waals surface area (Å²) in [6.07, 6.45) is 8.68. The van der Waals surface area contributed by atoms with Crippen LogP contribution in [0.4, 0.5) is 0 Å². The van der Waals surface area contributed by atoms with Gasteiger partial charge in [-0.2, -0.15) is 0 Å². The number of hydrogen-bond donors (Lipinski definition) is 2. The normalized spacial score (nSPS) is 14.2. The van der Waals surface area contributed by atoms with Crippen molar-refractivity contribution >= 4 is 33.6 Å². The first-order chi connectivity index (χ1) is 16.7. The minimum Gasteiger partial charge on any atom is -0.361 e. The number of carbonyl (C=O) groups excluding carboxylic acids is 2. The van der Waals surface area contributed by atoms with Crippen molar-refractivity contribution in [3.8, 4) is 0 Å². The maximum absolute atomic E-state index is 12.7. The number of hydrogen-bond acceptors (Lipinski definition) is 2. The summed E-state index contributed by atoms with van der Waals surface area (Å²) < 4.78 is 0. The van der Waals surface area contributed by atoms with Gasteiger partial charge in [-0.1, -0.05) is 36.4 Å². The third kappa shape index (κ3) is 4.86. The van der Waals surface area contributed by atoms with Crippen molar-refractivity contribution in [1.82, 2.24) is 19.8 Å². The van der Waals surface area contributed by atoms with Crippen molar-refractivity contribution in [2.24, 2.45) is 0 Å². The number of rotatable bonds is 8. The van der Waals surface area contributed by atoms with Gasteiger partial charge < -0.3 is 19.8 Å². The second kappa shape index (κ2) is 10.2. The van der Waals surface area contributed by atoms with E-state index in [0.717, 1.165) is 36.7 Å². The zero-order valence-corrected chi connectivity index (χ0v) is 19.6. The molecule has 0 unspecified atom stereocenters. The van der Waals surface area contributed by atoms with E-state index in [0.29, 0.717) is 39.0 Å². The lowest BCUT2D eigenvalue weighted by atomic mass is 10.1. The molecule has 1 saturated heterocycles. The fourth-order valence-electron chi connectivity index (χ4n) is 5.06. The number of para-hydroxylation sites is 2. The average Bonchev–Trinajstić information content (AvgIpc) is 3.48. The van der Waals surface area contributed by atoms with Crippen molar-refractivity contribution < 1.29 is 9.59 Å². The molecule has 0 atom stereocenters. The number of nitrogens with one attached hydrogen (secondary N) is 2. The molecule has 0 spiro atoms. The number of piperazine rings is 1. The molecule has 2 aromatic heterocycles. The van der Waals surface area contributed by atoms with Crippen molar-refractivity contribution in [3.63, 3.8) is 0 Å². The zero-order valence-electron chi connectivity index (χ0n) is 19.6. The molecular formula is C28H32N4O2. The third-order valence-electron chi connectivity index (χ3n) is 7.01. The van der Waals surface area contributed by atoms with Gasteiger partial charge in [-0.15, -0.1) is 0 Å². The van der Waals surface area contributed by atoms with Gasteiger partial charge in [0.05, 0.1) is 0 Å².